The summed E-state index contributed by atoms with van der Waals surface area (Å²) in [6.07, 6.45) is 1.54. The lowest BCUT2D eigenvalue weighted by Gasteiger charge is -2.24. The van der Waals surface area contributed by atoms with Crippen molar-refractivity contribution in [3.63, 3.8) is 0 Å². The number of non-ortho nitro benzene ring substituents is 1. The van der Waals surface area contributed by atoms with Crippen molar-refractivity contribution < 1.29 is 18.8 Å². The molecule has 3 aromatic rings. The van der Waals surface area contributed by atoms with Gasteiger partial charge in [-0.1, -0.05) is 35.6 Å². The number of ether oxygens (including phenoxy) is 1. The molecule has 1 aromatic heterocycles. The minimum absolute atomic E-state index is 0.0962. The van der Waals surface area contributed by atoms with Crippen LogP contribution in [0.2, 0.25) is 0 Å². The van der Waals surface area contributed by atoms with Crippen molar-refractivity contribution in [3.8, 4) is 0 Å². The Hall–Kier alpha value is -3.92. The van der Waals surface area contributed by atoms with Crippen LogP contribution in [0.3, 0.4) is 0 Å². The number of carbonyl (C=O) groups excluding carboxylic acids is 1. The molecule has 2 aromatic carbocycles. The number of nitro groups is 1. The van der Waals surface area contributed by atoms with E-state index < -0.39 is 28.3 Å². The quantitative estimate of drug-likeness (QED) is 0.326. The number of rotatable bonds is 5. The highest BCUT2D eigenvalue weighted by Gasteiger charge is 2.33. The van der Waals surface area contributed by atoms with Gasteiger partial charge in [-0.05, 0) is 43.2 Å². The summed E-state index contributed by atoms with van der Waals surface area (Å²) in [6.45, 7) is 3.47. The number of esters is 1. The molecule has 33 heavy (non-hydrogen) atoms. The normalized spacial score (nSPS) is 15.7. The maximum atomic E-state index is 13.6. The Labute approximate surface area is 190 Å². The van der Waals surface area contributed by atoms with E-state index in [1.165, 1.54) is 47.0 Å². The Bertz CT molecular complexity index is 1470. The molecule has 0 fully saturated rings. The summed E-state index contributed by atoms with van der Waals surface area (Å²) in [7, 11) is 0. The van der Waals surface area contributed by atoms with Gasteiger partial charge in [0.2, 0.25) is 0 Å². The standard InChI is InChI=1S/C23H18FN3O5S/c1-3-32-22(29)19-13(2)25-23-26(20(19)15-7-9-16(24)10-8-15)21(28)18(33-23)12-14-5-4-6-17(11-14)27(30)31/h4-12,20H,3H2,1-2H3/b18-12+/t20-/m0/s1. The third-order valence-corrected chi connectivity index (χ3v) is 6.06. The number of hydrogen-bond acceptors (Lipinski definition) is 7. The van der Waals surface area contributed by atoms with E-state index in [0.717, 1.165) is 11.3 Å². The molecular weight excluding hydrogens is 449 g/mol. The highest BCUT2D eigenvalue weighted by molar-refractivity contribution is 7.07. The summed E-state index contributed by atoms with van der Waals surface area (Å²) in [5.74, 6) is -1.06. The fourth-order valence-electron chi connectivity index (χ4n) is 3.63. The van der Waals surface area contributed by atoms with Gasteiger partial charge in [0.1, 0.15) is 5.82 Å². The predicted octanol–water partition coefficient (Wildman–Crippen LogP) is 2.85. The number of allylic oxidation sites excluding steroid dienone is 1. The zero-order valence-corrected chi connectivity index (χ0v) is 18.5. The summed E-state index contributed by atoms with van der Waals surface area (Å²) in [6, 6.07) is 10.6. The Morgan fingerprint density at radius 1 is 1.30 bits per heavy atom. The number of aromatic nitrogens is 1. The molecule has 2 heterocycles. The highest BCUT2D eigenvalue weighted by atomic mass is 32.1. The first-order valence-corrected chi connectivity index (χ1v) is 10.8. The molecule has 0 N–H and O–H groups in total. The lowest BCUT2D eigenvalue weighted by Crippen LogP contribution is -2.39. The summed E-state index contributed by atoms with van der Waals surface area (Å²) in [5.41, 5.74) is 1.07. The first-order valence-electron chi connectivity index (χ1n) is 9.99. The van der Waals surface area contributed by atoms with Crippen LogP contribution in [0, 0.1) is 15.9 Å². The molecular formula is C23H18FN3O5S. The third kappa shape index (κ3) is 4.24. The van der Waals surface area contributed by atoms with Gasteiger partial charge in [0, 0.05) is 12.1 Å². The topological polar surface area (TPSA) is 104 Å². The van der Waals surface area contributed by atoms with Crippen molar-refractivity contribution in [2.24, 2.45) is 4.99 Å². The van der Waals surface area contributed by atoms with Crippen LogP contribution in [-0.2, 0) is 9.53 Å². The monoisotopic (exact) mass is 467 g/mol. The first kappa shape index (κ1) is 22.3. The molecule has 0 spiro atoms. The van der Waals surface area contributed by atoms with Crippen LogP contribution < -0.4 is 14.9 Å². The van der Waals surface area contributed by atoms with E-state index in [2.05, 4.69) is 4.99 Å². The summed E-state index contributed by atoms with van der Waals surface area (Å²) in [5, 5.41) is 11.1. The van der Waals surface area contributed by atoms with Gasteiger partial charge in [0.05, 0.1) is 33.4 Å². The molecule has 0 unspecified atom stereocenters. The minimum Gasteiger partial charge on any atom is -0.463 e. The molecule has 0 aliphatic carbocycles. The Morgan fingerprint density at radius 2 is 2.03 bits per heavy atom. The highest BCUT2D eigenvalue weighted by Crippen LogP contribution is 2.30. The van der Waals surface area contributed by atoms with Crippen LogP contribution in [-0.4, -0.2) is 22.1 Å². The zero-order chi connectivity index (χ0) is 23.7. The van der Waals surface area contributed by atoms with Gasteiger partial charge in [-0.3, -0.25) is 19.5 Å². The molecule has 0 radical (unpaired) electrons. The van der Waals surface area contributed by atoms with Crippen molar-refractivity contribution in [2.75, 3.05) is 6.61 Å². The van der Waals surface area contributed by atoms with Crippen LogP contribution in [0.5, 0.6) is 0 Å². The Kier molecular flexibility index (Phi) is 6.01. The van der Waals surface area contributed by atoms with Crippen LogP contribution in [0.25, 0.3) is 6.08 Å². The molecule has 0 bridgehead atoms. The lowest BCUT2D eigenvalue weighted by atomic mass is 9.96. The van der Waals surface area contributed by atoms with E-state index in [9.17, 15) is 24.1 Å². The molecule has 1 atom stereocenters. The number of nitrogens with zero attached hydrogens (tertiary/aromatic N) is 3. The smallest absolute Gasteiger partial charge is 0.338 e. The second kappa shape index (κ2) is 8.91. The molecule has 168 valence electrons. The molecule has 0 saturated heterocycles. The average molecular weight is 467 g/mol. The third-order valence-electron chi connectivity index (χ3n) is 5.08. The maximum absolute atomic E-state index is 13.6. The van der Waals surface area contributed by atoms with Gasteiger partial charge in [-0.2, -0.15) is 0 Å². The van der Waals surface area contributed by atoms with E-state index in [1.54, 1.807) is 26.0 Å². The molecule has 1 aliphatic rings. The van der Waals surface area contributed by atoms with E-state index in [4.69, 9.17) is 4.74 Å². The van der Waals surface area contributed by atoms with Gasteiger partial charge >= 0.3 is 5.97 Å². The van der Waals surface area contributed by atoms with E-state index >= 15 is 0 Å². The van der Waals surface area contributed by atoms with Crippen molar-refractivity contribution in [3.05, 3.63) is 107 Å². The Balaban J connectivity index is 1.94. The van der Waals surface area contributed by atoms with Gasteiger partial charge in [-0.15, -0.1) is 0 Å². The van der Waals surface area contributed by atoms with E-state index in [-0.39, 0.29) is 17.9 Å². The molecule has 10 heteroatoms. The average Bonchev–Trinajstić information content (AvgIpc) is 3.08. The number of hydrogen-bond donors (Lipinski definition) is 0. The van der Waals surface area contributed by atoms with Crippen molar-refractivity contribution >= 4 is 29.1 Å². The summed E-state index contributed by atoms with van der Waals surface area (Å²) in [4.78, 5) is 41.6. The predicted molar refractivity (Wildman–Crippen MR) is 120 cm³/mol. The molecule has 1 aliphatic heterocycles. The second-order valence-electron chi connectivity index (χ2n) is 7.21. The molecule has 0 saturated carbocycles. The molecule has 8 nitrogen and oxygen atoms in total. The zero-order valence-electron chi connectivity index (χ0n) is 17.6. The van der Waals surface area contributed by atoms with E-state index in [1.807, 2.05) is 0 Å². The fourth-order valence-corrected chi connectivity index (χ4v) is 4.68. The second-order valence-corrected chi connectivity index (χ2v) is 8.22. The van der Waals surface area contributed by atoms with E-state index in [0.29, 0.717) is 26.2 Å². The molecule has 4 rings (SSSR count). The Morgan fingerprint density at radius 3 is 2.70 bits per heavy atom. The first-order chi connectivity index (χ1) is 15.8. The number of carbonyl (C=O) groups is 1. The largest absolute Gasteiger partial charge is 0.463 e. The summed E-state index contributed by atoms with van der Waals surface area (Å²) >= 11 is 1.10. The molecule has 0 amide bonds. The van der Waals surface area contributed by atoms with Crippen LogP contribution in [0.1, 0.15) is 31.0 Å². The van der Waals surface area contributed by atoms with Crippen LogP contribution >= 0.6 is 11.3 Å². The van der Waals surface area contributed by atoms with Crippen molar-refractivity contribution in [2.45, 2.75) is 19.9 Å². The fraction of sp³-hybridized carbons (Fsp3) is 0.174. The van der Waals surface area contributed by atoms with Gasteiger partial charge in [0.25, 0.3) is 11.2 Å². The SMILES string of the molecule is CCOC(=O)C1=C(C)N=c2s/c(=C/c3cccc([N+](=O)[O-])c3)c(=O)n2[C@H]1c1ccc(F)cc1. The van der Waals surface area contributed by atoms with Gasteiger partial charge in [0.15, 0.2) is 4.80 Å². The maximum Gasteiger partial charge on any atom is 0.338 e. The number of thiazole rings is 1. The van der Waals surface area contributed by atoms with Crippen LogP contribution in [0.4, 0.5) is 10.1 Å². The summed E-state index contributed by atoms with van der Waals surface area (Å²) < 4.78 is 20.4. The lowest BCUT2D eigenvalue weighted by molar-refractivity contribution is -0.384. The number of benzene rings is 2. The van der Waals surface area contributed by atoms with Crippen molar-refractivity contribution in [1.29, 1.82) is 0 Å². The number of fused-ring (bicyclic) bond motifs is 1. The number of halogens is 1. The van der Waals surface area contributed by atoms with Crippen molar-refractivity contribution in [1.82, 2.24) is 4.57 Å². The minimum atomic E-state index is -0.854. The van der Waals surface area contributed by atoms with Gasteiger partial charge < -0.3 is 4.74 Å². The van der Waals surface area contributed by atoms with Gasteiger partial charge in [-0.25, -0.2) is 14.2 Å². The number of nitro benzene ring substituents is 1. The van der Waals surface area contributed by atoms with Crippen LogP contribution in [0.15, 0.2) is 69.6 Å².